The van der Waals surface area contributed by atoms with E-state index in [9.17, 15) is 8.42 Å². The maximum Gasteiger partial charge on any atom is 1.00 e. The van der Waals surface area contributed by atoms with E-state index < -0.39 is 17.9 Å². The van der Waals surface area contributed by atoms with Gasteiger partial charge in [-0.15, -0.1) is 0 Å². The molecule has 0 bridgehead atoms. The van der Waals surface area contributed by atoms with Crippen LogP contribution in [0.25, 0.3) is 0 Å². The molecule has 1 aromatic carbocycles. The summed E-state index contributed by atoms with van der Waals surface area (Å²) in [5.41, 5.74) is 0. The third-order valence-electron chi connectivity index (χ3n) is 3.77. The minimum Gasteiger partial charge on any atom is -0.822 e. The van der Waals surface area contributed by atoms with Gasteiger partial charge in [0.15, 0.2) is 0 Å². The third kappa shape index (κ3) is 28.3. The van der Waals surface area contributed by atoms with Gasteiger partial charge in [0.25, 0.3) is 10.1 Å². The minimum atomic E-state index is -5.39. The zero-order valence-electron chi connectivity index (χ0n) is 18.9. The Labute approximate surface area is 248 Å². The van der Waals surface area contributed by atoms with Gasteiger partial charge in [0.2, 0.25) is 0 Å². The molecule has 0 fully saturated rings. The predicted octanol–water partition coefficient (Wildman–Crippen LogP) is -6.50. The molecule has 0 aliphatic heterocycles. The van der Waals surface area contributed by atoms with E-state index in [4.69, 9.17) is 23.4 Å². The first-order valence-corrected chi connectivity index (χ1v) is 12.2. The first kappa shape index (κ1) is 39.5. The number of hydrogen-bond acceptors (Lipinski definition) is 7. The molecule has 30 heavy (non-hydrogen) atoms. The first-order chi connectivity index (χ1) is 12.7. The molecule has 12 heteroatoms. The molecule has 0 saturated heterocycles. The van der Waals surface area contributed by atoms with Crippen molar-refractivity contribution in [2.24, 2.45) is 0 Å². The molecule has 0 aliphatic rings. The predicted molar refractivity (Wildman–Crippen MR) is 99.0 cm³/mol. The van der Waals surface area contributed by atoms with Gasteiger partial charge >= 0.3 is 88.7 Å². The van der Waals surface area contributed by atoms with Gasteiger partial charge in [-0.2, -0.15) is 16.2 Å². The van der Waals surface area contributed by atoms with Gasteiger partial charge in [0.05, 0.1) is 11.5 Å². The molecule has 0 heterocycles. The summed E-state index contributed by atoms with van der Waals surface area (Å²) in [4.78, 5) is 25.9. The van der Waals surface area contributed by atoms with Gasteiger partial charge < -0.3 is 19.2 Å². The van der Waals surface area contributed by atoms with Crippen molar-refractivity contribution in [1.82, 2.24) is 0 Å². The van der Waals surface area contributed by atoms with Gasteiger partial charge in [0.1, 0.15) is 0 Å². The zero-order chi connectivity index (χ0) is 20.6. The molecule has 0 aliphatic carbocycles. The Morgan fingerprint density at radius 1 is 0.767 bits per heavy atom. The Balaban J connectivity index is -0.000000378. The smallest absolute Gasteiger partial charge is 0.822 e. The van der Waals surface area contributed by atoms with Gasteiger partial charge in [0, 0.05) is 0 Å². The molecule has 158 valence electrons. The molecule has 0 aromatic heterocycles. The van der Waals surface area contributed by atoms with Crippen LogP contribution in [0.2, 0.25) is 0 Å². The van der Waals surface area contributed by atoms with E-state index >= 15 is 0 Å². The molecule has 0 spiro atoms. The Bertz CT molecular complexity index is 620. The van der Waals surface area contributed by atoms with Crippen LogP contribution in [0.5, 0.6) is 0 Å². The summed E-state index contributed by atoms with van der Waals surface area (Å²) >= 11 is 0. The quantitative estimate of drug-likeness (QED) is 0.116. The first-order valence-electron chi connectivity index (χ1n) is 9.34. The number of rotatable bonds is 13. The summed E-state index contributed by atoms with van der Waals surface area (Å²) in [6.45, 7) is 2.52. The van der Waals surface area contributed by atoms with Crippen LogP contribution >= 0.6 is 7.82 Å². The summed E-state index contributed by atoms with van der Waals surface area (Å²) in [7, 11) is -8.96. The fourth-order valence-corrected chi connectivity index (χ4v) is 3.38. The average Bonchev–Trinajstić information content (AvgIpc) is 2.59. The van der Waals surface area contributed by atoms with Crippen molar-refractivity contribution in [3.63, 3.8) is 0 Å². The molecule has 0 N–H and O–H groups in total. The molecule has 7 nitrogen and oxygen atoms in total. The van der Waals surface area contributed by atoms with Crippen LogP contribution in [0.3, 0.4) is 0 Å². The second-order valence-electron chi connectivity index (χ2n) is 6.22. The SMILES string of the molecule is CCCCCCCCCCCCOS(=O)(=O)c1ccccc1.O=P([O-])([O-])[O-].[Na+].[Na+].[Na+]. The van der Waals surface area contributed by atoms with Crippen LogP contribution in [0.1, 0.15) is 71.1 Å². The van der Waals surface area contributed by atoms with Crippen molar-refractivity contribution in [2.45, 2.75) is 76.0 Å². The second kappa shape index (κ2) is 24.4. The topological polar surface area (TPSA) is 130 Å². The molecule has 0 amide bonds. The van der Waals surface area contributed by atoms with Gasteiger partial charge in [-0.25, -0.2) is 0 Å². The van der Waals surface area contributed by atoms with Crippen LogP contribution in [-0.4, -0.2) is 15.0 Å². The van der Waals surface area contributed by atoms with E-state index in [0.717, 1.165) is 12.8 Å². The largest absolute Gasteiger partial charge is 1.00 e. The molecule has 0 saturated carbocycles. The van der Waals surface area contributed by atoms with E-state index in [0.29, 0.717) is 0 Å². The van der Waals surface area contributed by atoms with Crippen molar-refractivity contribution in [3.8, 4) is 0 Å². The van der Waals surface area contributed by atoms with Crippen molar-refractivity contribution >= 4 is 17.9 Å². The Morgan fingerprint density at radius 2 is 1.13 bits per heavy atom. The standard InChI is InChI=1S/C18H30O3S.3Na.H3O4P/c1-2-3-4-5-6-7-8-9-10-14-17-21-22(19,20)18-15-12-11-13-16-18;;;;1-5(2,3)4/h11-13,15-16H,2-10,14,17H2,1H3;;;;(H3,1,2,3,4)/q;3*+1;/p-3. The van der Waals surface area contributed by atoms with Crippen molar-refractivity contribution in [3.05, 3.63) is 30.3 Å². The van der Waals surface area contributed by atoms with Gasteiger partial charge in [-0.3, -0.25) is 4.18 Å². The van der Waals surface area contributed by atoms with Crippen molar-refractivity contribution < 1.29 is 121 Å². The van der Waals surface area contributed by atoms with Crippen LogP contribution in [-0.2, 0) is 18.9 Å². The number of hydrogen-bond donors (Lipinski definition) is 0. The number of phosphoric acid groups is 1. The van der Waals surface area contributed by atoms with Crippen LogP contribution in [0.15, 0.2) is 35.2 Å². The average molecular weight is 490 g/mol. The second-order valence-corrected chi connectivity index (χ2v) is 8.73. The van der Waals surface area contributed by atoms with Crippen LogP contribution in [0.4, 0.5) is 0 Å². The summed E-state index contributed by atoms with van der Waals surface area (Å²) in [5, 5.41) is 0. The molecular formula is C18H30Na3O7PS. The summed E-state index contributed by atoms with van der Waals surface area (Å²) in [6.07, 6.45) is 12.3. The van der Waals surface area contributed by atoms with Crippen molar-refractivity contribution in [1.29, 1.82) is 0 Å². The zero-order valence-corrected chi connectivity index (χ0v) is 26.6. The van der Waals surface area contributed by atoms with Crippen LogP contribution < -0.4 is 103 Å². The van der Waals surface area contributed by atoms with E-state index in [2.05, 4.69) is 6.92 Å². The Hall–Kier alpha value is 2.24. The fourth-order valence-electron chi connectivity index (χ4n) is 2.41. The molecule has 1 aromatic rings. The monoisotopic (exact) mass is 490 g/mol. The Kier molecular flexibility index (Phi) is 32.0. The molecule has 0 radical (unpaired) electrons. The van der Waals surface area contributed by atoms with Gasteiger partial charge in [-0.05, 0) is 18.6 Å². The maximum absolute atomic E-state index is 11.9. The summed E-state index contributed by atoms with van der Waals surface area (Å²) in [6, 6.07) is 8.33. The molecular weight excluding hydrogens is 460 g/mol. The Morgan fingerprint density at radius 3 is 1.53 bits per heavy atom. The molecule has 0 unspecified atom stereocenters. The maximum atomic E-state index is 11.9. The van der Waals surface area contributed by atoms with Crippen LogP contribution in [0, 0.1) is 0 Å². The molecule has 1 rings (SSSR count). The van der Waals surface area contributed by atoms with E-state index in [1.807, 2.05) is 0 Å². The molecule has 0 atom stereocenters. The van der Waals surface area contributed by atoms with E-state index in [-0.39, 0.29) is 100 Å². The van der Waals surface area contributed by atoms with Crippen molar-refractivity contribution in [2.75, 3.05) is 6.61 Å². The summed E-state index contributed by atoms with van der Waals surface area (Å²) < 4.78 is 37.3. The summed E-state index contributed by atoms with van der Waals surface area (Å²) in [5.74, 6) is 0. The van der Waals surface area contributed by atoms with E-state index in [1.165, 1.54) is 51.4 Å². The fraction of sp³-hybridized carbons (Fsp3) is 0.667. The third-order valence-corrected chi connectivity index (χ3v) is 5.09. The minimum absolute atomic E-state index is 0. The number of unbranched alkanes of at least 4 members (excludes halogenated alkanes) is 9. The van der Waals surface area contributed by atoms with Gasteiger partial charge in [-0.1, -0.05) is 82.9 Å². The van der Waals surface area contributed by atoms with E-state index in [1.54, 1.807) is 30.3 Å². The number of benzene rings is 1. The normalized spacial score (nSPS) is 10.5.